The van der Waals surface area contributed by atoms with E-state index in [1.54, 1.807) is 6.07 Å². The van der Waals surface area contributed by atoms with Crippen molar-refractivity contribution in [1.82, 2.24) is 4.57 Å². The Bertz CT molecular complexity index is 1380. The van der Waals surface area contributed by atoms with Crippen LogP contribution in [0.15, 0.2) is 72.2 Å². The van der Waals surface area contributed by atoms with E-state index in [0.29, 0.717) is 6.54 Å². The monoisotopic (exact) mass is 451 g/mol. The van der Waals surface area contributed by atoms with Gasteiger partial charge in [0.25, 0.3) is 0 Å². The Hall–Kier alpha value is -3.66. The van der Waals surface area contributed by atoms with Crippen LogP contribution in [0.3, 0.4) is 0 Å². The number of aliphatic imine (C=N–C) groups is 1. The van der Waals surface area contributed by atoms with Gasteiger partial charge in [0.1, 0.15) is 5.82 Å². The highest BCUT2D eigenvalue weighted by molar-refractivity contribution is 5.92. The summed E-state index contributed by atoms with van der Waals surface area (Å²) < 4.78 is 16.2. The van der Waals surface area contributed by atoms with Gasteiger partial charge in [0, 0.05) is 31.0 Å². The fraction of sp³-hybridized carbons (Fsp3) is 0.233. The second-order valence-corrected chi connectivity index (χ2v) is 9.06. The van der Waals surface area contributed by atoms with Gasteiger partial charge in [0.05, 0.1) is 23.3 Å². The molecule has 0 amide bonds. The maximum absolute atomic E-state index is 14.0. The fourth-order valence-electron chi connectivity index (χ4n) is 4.91. The van der Waals surface area contributed by atoms with Gasteiger partial charge in [-0.15, -0.1) is 0 Å². The van der Waals surface area contributed by atoms with Crippen LogP contribution in [0.25, 0.3) is 17.0 Å². The minimum atomic E-state index is -0.227. The first kappa shape index (κ1) is 22.1. The molecule has 3 nitrogen and oxygen atoms in total. The molecule has 0 unspecified atom stereocenters. The molecule has 2 heterocycles. The molecule has 0 fully saturated rings. The lowest BCUT2D eigenvalue weighted by Crippen LogP contribution is -2.24. The summed E-state index contributed by atoms with van der Waals surface area (Å²) in [6.07, 6.45) is 7.02. The standard InChI is InChI=1S/C30H30FN3/c1-4-21-8-10-23(11-9-21)20-34-27(18-25-17-26(31)12-13-29(25)34)19-32-28-16-22(5-2)15-24-7-6-14-33(3)30(24)28/h5,8-13,15-19H,2,4,6-7,14,20H2,1,3H3/b32-19+. The fourth-order valence-corrected chi connectivity index (χ4v) is 4.91. The molecule has 0 radical (unpaired) electrons. The van der Waals surface area contributed by atoms with Crippen LogP contribution in [0, 0.1) is 5.82 Å². The molecule has 34 heavy (non-hydrogen) atoms. The minimum absolute atomic E-state index is 0.227. The van der Waals surface area contributed by atoms with Crippen molar-refractivity contribution in [3.8, 4) is 0 Å². The molecule has 0 atom stereocenters. The predicted octanol–water partition coefficient (Wildman–Crippen LogP) is 7.17. The van der Waals surface area contributed by atoms with Crippen LogP contribution in [0.4, 0.5) is 15.8 Å². The van der Waals surface area contributed by atoms with Gasteiger partial charge in [-0.2, -0.15) is 0 Å². The lowest BCUT2D eigenvalue weighted by atomic mass is 9.98. The number of aromatic nitrogens is 1. The van der Waals surface area contributed by atoms with E-state index >= 15 is 0 Å². The Morgan fingerprint density at radius 3 is 2.59 bits per heavy atom. The smallest absolute Gasteiger partial charge is 0.123 e. The molecule has 0 aliphatic carbocycles. The Balaban J connectivity index is 1.59. The van der Waals surface area contributed by atoms with Gasteiger partial charge >= 0.3 is 0 Å². The number of anilines is 1. The first-order chi connectivity index (χ1) is 16.6. The van der Waals surface area contributed by atoms with Gasteiger partial charge in [0.2, 0.25) is 0 Å². The molecule has 0 spiro atoms. The van der Waals surface area contributed by atoms with E-state index < -0.39 is 0 Å². The van der Waals surface area contributed by atoms with Crippen LogP contribution >= 0.6 is 0 Å². The van der Waals surface area contributed by atoms with Crippen LogP contribution in [0.2, 0.25) is 0 Å². The number of halogens is 1. The largest absolute Gasteiger partial charge is 0.373 e. The summed E-state index contributed by atoms with van der Waals surface area (Å²) in [7, 11) is 2.13. The predicted molar refractivity (Wildman–Crippen MR) is 142 cm³/mol. The maximum atomic E-state index is 14.0. The van der Waals surface area contributed by atoms with Crippen molar-refractivity contribution in [1.29, 1.82) is 0 Å². The minimum Gasteiger partial charge on any atom is -0.373 e. The molecule has 3 aromatic carbocycles. The second kappa shape index (κ2) is 9.30. The van der Waals surface area contributed by atoms with Crippen LogP contribution < -0.4 is 4.90 Å². The Labute approximate surface area is 200 Å². The number of rotatable bonds is 6. The third-order valence-corrected chi connectivity index (χ3v) is 6.75. The van der Waals surface area contributed by atoms with Crippen molar-refractivity contribution in [2.45, 2.75) is 32.7 Å². The van der Waals surface area contributed by atoms with Gasteiger partial charge < -0.3 is 9.47 Å². The summed E-state index contributed by atoms with van der Waals surface area (Å²) in [5.74, 6) is -0.227. The van der Waals surface area contributed by atoms with Crippen molar-refractivity contribution >= 4 is 34.6 Å². The Kier molecular flexibility index (Phi) is 6.06. The van der Waals surface area contributed by atoms with Gasteiger partial charge in [-0.25, -0.2) is 4.39 Å². The second-order valence-electron chi connectivity index (χ2n) is 9.06. The first-order valence-corrected chi connectivity index (χ1v) is 12.0. The van der Waals surface area contributed by atoms with Crippen LogP contribution in [-0.4, -0.2) is 24.4 Å². The van der Waals surface area contributed by atoms with E-state index in [-0.39, 0.29) is 5.82 Å². The number of nitrogens with zero attached hydrogens (tertiary/aromatic N) is 3. The van der Waals surface area contributed by atoms with E-state index in [1.807, 2.05) is 24.4 Å². The summed E-state index contributed by atoms with van der Waals surface area (Å²) in [6, 6.07) is 20.0. The summed E-state index contributed by atoms with van der Waals surface area (Å²) >= 11 is 0. The third kappa shape index (κ3) is 4.28. The molecular weight excluding hydrogens is 421 g/mol. The van der Waals surface area contributed by atoms with E-state index in [4.69, 9.17) is 4.99 Å². The zero-order valence-corrected chi connectivity index (χ0v) is 19.9. The topological polar surface area (TPSA) is 20.5 Å². The van der Waals surface area contributed by atoms with Gasteiger partial charge in [-0.1, -0.05) is 43.8 Å². The number of aryl methyl sites for hydroxylation is 2. The molecule has 0 saturated carbocycles. The molecule has 0 N–H and O–H groups in total. The number of benzene rings is 3. The third-order valence-electron chi connectivity index (χ3n) is 6.75. The molecule has 4 heteroatoms. The van der Waals surface area contributed by atoms with E-state index in [1.165, 1.54) is 28.4 Å². The van der Waals surface area contributed by atoms with E-state index in [9.17, 15) is 4.39 Å². The van der Waals surface area contributed by atoms with E-state index in [2.05, 4.69) is 66.4 Å². The zero-order chi connectivity index (χ0) is 23.7. The lowest BCUT2D eigenvalue weighted by molar-refractivity contribution is 0.629. The quantitative estimate of drug-likeness (QED) is 0.285. The highest BCUT2D eigenvalue weighted by Gasteiger charge is 2.18. The lowest BCUT2D eigenvalue weighted by Gasteiger charge is -2.29. The normalized spacial score (nSPS) is 13.6. The zero-order valence-electron chi connectivity index (χ0n) is 19.9. The van der Waals surface area contributed by atoms with E-state index in [0.717, 1.165) is 53.7 Å². The van der Waals surface area contributed by atoms with Crippen LogP contribution in [0.5, 0.6) is 0 Å². The highest BCUT2D eigenvalue weighted by Crippen LogP contribution is 2.37. The highest BCUT2D eigenvalue weighted by atomic mass is 19.1. The molecule has 1 aliphatic rings. The number of fused-ring (bicyclic) bond motifs is 2. The van der Waals surface area contributed by atoms with Crippen LogP contribution in [0.1, 0.15) is 41.3 Å². The molecule has 1 aliphatic heterocycles. The molecule has 5 rings (SSSR count). The molecular formula is C30H30FN3. The summed E-state index contributed by atoms with van der Waals surface area (Å²) in [6.45, 7) is 7.85. The van der Waals surface area contributed by atoms with Gasteiger partial charge in [-0.3, -0.25) is 4.99 Å². The number of hydrogen-bond acceptors (Lipinski definition) is 2. The van der Waals surface area contributed by atoms with Crippen LogP contribution in [-0.2, 0) is 19.4 Å². The average Bonchev–Trinajstić information content (AvgIpc) is 3.18. The molecule has 172 valence electrons. The summed E-state index contributed by atoms with van der Waals surface area (Å²) in [5.41, 5.74) is 9.02. The molecule has 0 saturated heterocycles. The maximum Gasteiger partial charge on any atom is 0.123 e. The van der Waals surface area contributed by atoms with Gasteiger partial charge in [0.15, 0.2) is 0 Å². The molecule has 1 aromatic heterocycles. The average molecular weight is 452 g/mol. The van der Waals surface area contributed by atoms with Crippen molar-refractivity contribution < 1.29 is 4.39 Å². The van der Waals surface area contributed by atoms with Crippen molar-refractivity contribution in [2.75, 3.05) is 18.5 Å². The Morgan fingerprint density at radius 2 is 1.82 bits per heavy atom. The van der Waals surface area contributed by atoms with Gasteiger partial charge in [-0.05, 0) is 77.9 Å². The number of hydrogen-bond donors (Lipinski definition) is 0. The summed E-state index contributed by atoms with van der Waals surface area (Å²) in [5, 5.41) is 0.880. The van der Waals surface area contributed by atoms with Crippen molar-refractivity contribution in [3.63, 3.8) is 0 Å². The summed E-state index contributed by atoms with van der Waals surface area (Å²) in [4.78, 5) is 7.26. The van der Waals surface area contributed by atoms with Crippen molar-refractivity contribution in [2.24, 2.45) is 4.99 Å². The first-order valence-electron chi connectivity index (χ1n) is 12.0. The molecule has 0 bridgehead atoms. The Morgan fingerprint density at radius 1 is 1.03 bits per heavy atom. The SMILES string of the molecule is C=Cc1cc2c(c(/N=C/c3cc4cc(F)ccc4n3Cc3ccc(CC)cc3)c1)N(C)CCC2. The molecule has 4 aromatic rings. The van der Waals surface area contributed by atoms with Crippen molar-refractivity contribution in [3.05, 3.63) is 101 Å².